The Morgan fingerprint density at radius 2 is 1.02 bits per heavy atom. The van der Waals surface area contributed by atoms with Gasteiger partial charge in [0, 0.05) is 69.0 Å². The highest BCUT2D eigenvalue weighted by Crippen LogP contribution is 2.20. The maximum atomic E-state index is 14.0. The van der Waals surface area contributed by atoms with Gasteiger partial charge in [0.2, 0.25) is 76.8 Å². The molecule has 0 saturated heterocycles. The molecule has 0 radical (unpaired) electrons. The van der Waals surface area contributed by atoms with Crippen LogP contribution in [0.3, 0.4) is 0 Å². The lowest BCUT2D eigenvalue weighted by Crippen LogP contribution is -2.61. The summed E-state index contributed by atoms with van der Waals surface area (Å²) in [5, 5.41) is 42.6. The fourth-order valence-electron chi connectivity index (χ4n) is 10.7. The molecule has 0 fully saturated rings. The quantitative estimate of drug-likeness (QED) is 0.0177. The van der Waals surface area contributed by atoms with Gasteiger partial charge < -0.3 is 103 Å². The standard InChI is InChI=1S/C70H113N19O14/c1-42(2)35-53(61(73)96)87-65(100)54(36-43(3)4)85-60(95)41-82-62(97)44(5)83-68(103)70(6,7)89-67(102)52(22-18-34-79-69(74)75)84-59(94)40-81-58(93)25-12-16-32-77-56(91)23-11-15-31-76-57(92)24-13-17-33-78-64(99)51(21-10-14-30-71)86-66(101)55(37-45-26-28-47(90)29-27-45)88-63(98)49(72)38-46-39-80-50-20-9-8-19-48(46)50/h8-9,19-20,26-29,39,42-44,49,51-55,80,90H,10-18,21-25,30-38,40-41,71-72H2,1-7H3,(H2,73,96)(H,76,92)(H,77,91)(H,78,99)(H,81,93)(H,82,97)(H,83,103)(H,84,94)(H,85,95)(H,86,101)(H,87,100)(H,88,98)(H,89,102)(H4,74,75,79)/t44-,49-,51-,52-,53-,54-,55-/m0/s1. The van der Waals surface area contributed by atoms with Crippen molar-refractivity contribution in [2.75, 3.05) is 45.8 Å². The summed E-state index contributed by atoms with van der Waals surface area (Å²) in [5.74, 6) is -7.74. The van der Waals surface area contributed by atoms with E-state index in [1.165, 1.54) is 32.9 Å². The van der Waals surface area contributed by atoms with E-state index in [9.17, 15) is 67.4 Å². The van der Waals surface area contributed by atoms with Gasteiger partial charge in [-0.15, -0.1) is 0 Å². The Morgan fingerprint density at radius 1 is 0.505 bits per heavy atom. The molecule has 0 spiro atoms. The van der Waals surface area contributed by atoms with Crippen LogP contribution in [-0.4, -0.2) is 186 Å². The number of primary amides is 1. The average Bonchev–Trinajstić information content (AvgIpc) is 1.73. The molecule has 0 unspecified atom stereocenters. The van der Waals surface area contributed by atoms with E-state index in [0.717, 1.165) is 16.5 Å². The lowest BCUT2D eigenvalue weighted by Gasteiger charge is -2.29. The van der Waals surface area contributed by atoms with E-state index in [0.29, 0.717) is 83.0 Å². The normalized spacial score (nSPS) is 13.3. The molecule has 572 valence electrons. The number of hydrogen-bond acceptors (Lipinski definition) is 17. The number of H-pyrrole nitrogens is 1. The molecule has 103 heavy (non-hydrogen) atoms. The second-order valence-electron chi connectivity index (χ2n) is 27.0. The third-order valence-electron chi connectivity index (χ3n) is 16.4. The molecular formula is C70H113N19O14. The van der Waals surface area contributed by atoms with Gasteiger partial charge in [0.15, 0.2) is 5.96 Å². The number of para-hydroxylation sites is 1. The summed E-state index contributed by atoms with van der Waals surface area (Å²) in [6.45, 7) is 11.8. The van der Waals surface area contributed by atoms with Crippen molar-refractivity contribution in [1.82, 2.24) is 68.8 Å². The van der Waals surface area contributed by atoms with Gasteiger partial charge in [-0.3, -0.25) is 67.3 Å². The van der Waals surface area contributed by atoms with Gasteiger partial charge in [-0.05, 0) is 158 Å². The van der Waals surface area contributed by atoms with Gasteiger partial charge in [-0.25, -0.2) is 0 Å². The Morgan fingerprint density at radius 3 is 1.60 bits per heavy atom. The van der Waals surface area contributed by atoms with Crippen LogP contribution in [0.1, 0.15) is 162 Å². The van der Waals surface area contributed by atoms with Crippen LogP contribution in [0.2, 0.25) is 0 Å². The van der Waals surface area contributed by atoms with Crippen LogP contribution in [0.4, 0.5) is 0 Å². The Kier molecular flexibility index (Phi) is 39.5. The lowest BCUT2D eigenvalue weighted by atomic mass is 10.00. The topological polar surface area (TPSA) is 545 Å². The number of carbonyl (C=O) groups excluding carboxylic acids is 13. The van der Waals surface area contributed by atoms with Crippen LogP contribution in [0, 0.1) is 11.8 Å². The number of rotatable bonds is 50. The number of nitrogens with zero attached hydrogens (tertiary/aromatic N) is 1. The van der Waals surface area contributed by atoms with Gasteiger partial charge >= 0.3 is 0 Å². The van der Waals surface area contributed by atoms with Crippen molar-refractivity contribution in [3.05, 3.63) is 65.9 Å². The van der Waals surface area contributed by atoms with E-state index in [-0.39, 0.29) is 106 Å². The third-order valence-corrected chi connectivity index (χ3v) is 16.4. The summed E-state index contributed by atoms with van der Waals surface area (Å²) in [5.41, 5.74) is 29.2. The predicted molar refractivity (Wildman–Crippen MR) is 389 cm³/mol. The number of hydrogen-bond donors (Lipinski definition) is 19. The highest BCUT2D eigenvalue weighted by Gasteiger charge is 2.35. The fraction of sp³-hybridized carbons (Fsp3) is 0.600. The Hall–Kier alpha value is -9.92. The van der Waals surface area contributed by atoms with Crippen LogP contribution in [0.25, 0.3) is 10.9 Å². The maximum absolute atomic E-state index is 14.0. The summed E-state index contributed by atoms with van der Waals surface area (Å²) in [6.07, 6.45) is 7.42. The van der Waals surface area contributed by atoms with E-state index in [1.54, 1.807) is 18.3 Å². The number of guanidine groups is 1. The first-order chi connectivity index (χ1) is 48.8. The molecular weight excluding hydrogens is 1330 g/mol. The summed E-state index contributed by atoms with van der Waals surface area (Å²) in [4.78, 5) is 177. The number of benzene rings is 2. The monoisotopic (exact) mass is 1440 g/mol. The van der Waals surface area contributed by atoms with Gasteiger partial charge in [0.1, 0.15) is 47.5 Å². The molecule has 1 aromatic heterocycles. The SMILES string of the molecule is CC(C)C[C@H](NC(=O)[C@H](CC(C)C)NC(=O)CNC(=O)[C@H](C)NC(=O)C(C)(C)NC(=O)[C@H](CCCN=C(N)N)NC(=O)CNC(=O)CCCCNC(=O)CCCCNC(=O)CCCCNC(=O)[C@H](CCCCN)NC(=O)[C@H](Cc1ccc(O)cc1)NC(=O)[C@@H](N)Cc1c[nH]c2ccccc12)C(N)=O. The van der Waals surface area contributed by atoms with Crippen molar-refractivity contribution in [2.45, 2.75) is 212 Å². The summed E-state index contributed by atoms with van der Waals surface area (Å²) < 4.78 is 0. The number of amides is 13. The van der Waals surface area contributed by atoms with E-state index in [4.69, 9.17) is 28.7 Å². The number of unbranched alkanes of at least 4 members (excludes halogenated alkanes) is 4. The number of aromatic amines is 1. The fourth-order valence-corrected chi connectivity index (χ4v) is 10.7. The van der Waals surface area contributed by atoms with E-state index in [2.05, 4.69) is 73.8 Å². The lowest BCUT2D eigenvalue weighted by molar-refractivity contribution is -0.136. The smallest absolute Gasteiger partial charge is 0.245 e. The van der Waals surface area contributed by atoms with Crippen LogP contribution in [0.5, 0.6) is 5.75 Å². The van der Waals surface area contributed by atoms with Crippen LogP contribution < -0.4 is 92.5 Å². The molecule has 13 amide bonds. The number of phenols is 1. The second-order valence-corrected chi connectivity index (χ2v) is 27.0. The molecule has 1 heterocycles. The van der Waals surface area contributed by atoms with Crippen molar-refractivity contribution in [1.29, 1.82) is 0 Å². The molecule has 3 rings (SSSR count). The molecule has 33 heteroatoms. The van der Waals surface area contributed by atoms with Crippen LogP contribution in [0.15, 0.2) is 59.7 Å². The number of phenolic OH excluding ortho intramolecular Hbond substituents is 1. The van der Waals surface area contributed by atoms with Gasteiger partial charge in [-0.1, -0.05) is 58.0 Å². The molecule has 7 atom stereocenters. The largest absolute Gasteiger partial charge is 0.508 e. The molecule has 33 nitrogen and oxygen atoms in total. The molecule has 3 aromatic rings. The summed E-state index contributed by atoms with van der Waals surface area (Å²) in [7, 11) is 0. The molecule has 0 aliphatic carbocycles. The molecule has 0 aliphatic heterocycles. The van der Waals surface area contributed by atoms with Crippen molar-refractivity contribution >= 4 is 93.7 Å². The zero-order chi connectivity index (χ0) is 76.6. The molecule has 2 aromatic carbocycles. The first-order valence-electron chi connectivity index (χ1n) is 35.4. The Labute approximate surface area is 602 Å². The highest BCUT2D eigenvalue weighted by molar-refractivity contribution is 5.98. The van der Waals surface area contributed by atoms with Crippen molar-refractivity contribution in [3.8, 4) is 5.75 Å². The first kappa shape index (κ1) is 87.3. The number of nitrogens with two attached hydrogens (primary N) is 5. The Balaban J connectivity index is 1.35. The predicted octanol–water partition coefficient (Wildman–Crippen LogP) is -1.34. The van der Waals surface area contributed by atoms with Crippen LogP contribution >= 0.6 is 0 Å². The Bertz CT molecular complexity index is 3300. The first-order valence-corrected chi connectivity index (χ1v) is 35.4. The number of nitrogens with one attached hydrogen (secondary N) is 13. The second kappa shape index (κ2) is 46.6. The maximum Gasteiger partial charge on any atom is 0.245 e. The van der Waals surface area contributed by atoms with E-state index in [1.807, 2.05) is 52.0 Å². The highest BCUT2D eigenvalue weighted by atomic mass is 16.3. The number of aromatic hydroxyl groups is 1. The summed E-state index contributed by atoms with van der Waals surface area (Å²) in [6, 6.07) is 6.30. The van der Waals surface area contributed by atoms with Crippen molar-refractivity contribution in [2.24, 2.45) is 45.5 Å². The number of carbonyl (C=O) groups is 13. The third kappa shape index (κ3) is 35.5. The molecule has 0 bridgehead atoms. The van der Waals surface area contributed by atoms with Gasteiger partial charge in [0.25, 0.3) is 0 Å². The minimum atomic E-state index is -1.66. The van der Waals surface area contributed by atoms with E-state index < -0.39 is 126 Å². The van der Waals surface area contributed by atoms with Crippen molar-refractivity contribution in [3.63, 3.8) is 0 Å². The molecule has 0 aliphatic rings. The van der Waals surface area contributed by atoms with Crippen LogP contribution in [-0.2, 0) is 75.2 Å². The van der Waals surface area contributed by atoms with Gasteiger partial charge in [-0.2, -0.15) is 0 Å². The number of fused-ring (bicyclic) bond motifs is 1. The minimum absolute atomic E-state index is 0.00998. The van der Waals surface area contributed by atoms with Gasteiger partial charge in [0.05, 0.1) is 19.1 Å². The zero-order valence-corrected chi connectivity index (χ0v) is 60.7. The van der Waals surface area contributed by atoms with Crippen molar-refractivity contribution < 1.29 is 67.4 Å². The van der Waals surface area contributed by atoms with E-state index >= 15 is 0 Å². The summed E-state index contributed by atoms with van der Waals surface area (Å²) >= 11 is 0. The number of aromatic nitrogens is 1. The average molecular weight is 1440 g/mol. The molecule has 0 saturated carbocycles. The minimum Gasteiger partial charge on any atom is -0.508 e. The number of aliphatic imine (C=N–C) groups is 1. The molecule has 24 N–H and O–H groups in total. The zero-order valence-electron chi connectivity index (χ0n) is 60.7.